The minimum atomic E-state index is -0.456. The average Bonchev–Trinajstić information content (AvgIpc) is 2.54. The zero-order valence-corrected chi connectivity index (χ0v) is 14.6. The summed E-state index contributed by atoms with van der Waals surface area (Å²) in [5, 5.41) is 5.68. The molecule has 2 N–H and O–H groups in total. The lowest BCUT2D eigenvalue weighted by Gasteiger charge is -2.18. The molecule has 4 heteroatoms. The summed E-state index contributed by atoms with van der Waals surface area (Å²) in [7, 11) is 0. The van der Waals surface area contributed by atoms with Crippen LogP contribution in [-0.4, -0.2) is 11.8 Å². The van der Waals surface area contributed by atoms with E-state index in [1.54, 1.807) is 24.3 Å². The number of carbonyl (C=O) groups excluding carboxylic acids is 2. The van der Waals surface area contributed by atoms with Gasteiger partial charge in [0.2, 0.25) is 0 Å². The van der Waals surface area contributed by atoms with Gasteiger partial charge in [0, 0.05) is 16.7 Å². The van der Waals surface area contributed by atoms with Crippen molar-refractivity contribution in [2.75, 3.05) is 5.32 Å². The van der Waals surface area contributed by atoms with Crippen LogP contribution >= 0.6 is 0 Å². The summed E-state index contributed by atoms with van der Waals surface area (Å²) >= 11 is 0. The Morgan fingerprint density at radius 3 is 2.25 bits per heavy atom. The summed E-state index contributed by atoms with van der Waals surface area (Å²) < 4.78 is 0. The maximum absolute atomic E-state index is 12.3. The molecule has 0 saturated carbocycles. The van der Waals surface area contributed by atoms with Crippen LogP contribution in [0.4, 0.5) is 10.5 Å². The molecule has 2 amide bonds. The smallest absolute Gasteiger partial charge is 0.319 e. The molecule has 1 unspecified atom stereocenters. The number of hydrogen-bond donors (Lipinski definition) is 2. The topological polar surface area (TPSA) is 58.2 Å². The fourth-order valence-corrected chi connectivity index (χ4v) is 2.36. The number of rotatable bonds is 4. The Morgan fingerprint density at radius 1 is 0.958 bits per heavy atom. The summed E-state index contributed by atoms with van der Waals surface area (Å²) in [4.78, 5) is 24.5. The summed E-state index contributed by atoms with van der Waals surface area (Å²) in [5.74, 6) is 0.0456. The molecule has 2 aromatic rings. The second-order valence-corrected chi connectivity index (χ2v) is 6.89. The van der Waals surface area contributed by atoms with Gasteiger partial charge in [0.1, 0.15) is 0 Å². The first-order chi connectivity index (χ1) is 11.3. The number of hydrogen-bond acceptors (Lipinski definition) is 2. The van der Waals surface area contributed by atoms with Gasteiger partial charge in [-0.05, 0) is 24.6 Å². The normalized spacial score (nSPS) is 12.3. The fourth-order valence-electron chi connectivity index (χ4n) is 2.36. The standard InChI is InChI=1S/C20H24N2O2/c1-14(15-9-6-5-7-10-15)21-19(24)22-17-12-8-11-16(13-17)18(23)20(2,3)4/h5-14H,1-4H3,(H2,21,22,24). The van der Waals surface area contributed by atoms with Gasteiger partial charge in [0.25, 0.3) is 0 Å². The highest BCUT2D eigenvalue weighted by Crippen LogP contribution is 2.22. The highest BCUT2D eigenvalue weighted by atomic mass is 16.2. The van der Waals surface area contributed by atoms with Crippen molar-refractivity contribution in [1.29, 1.82) is 0 Å². The molecule has 1 atom stereocenters. The van der Waals surface area contributed by atoms with Gasteiger partial charge in [-0.1, -0.05) is 63.2 Å². The summed E-state index contributed by atoms with van der Waals surface area (Å²) in [5.41, 5.74) is 1.77. The highest BCUT2D eigenvalue weighted by molar-refractivity contribution is 6.01. The Hall–Kier alpha value is -2.62. The van der Waals surface area contributed by atoms with Gasteiger partial charge >= 0.3 is 6.03 Å². The van der Waals surface area contributed by atoms with E-state index >= 15 is 0 Å². The monoisotopic (exact) mass is 324 g/mol. The molecule has 4 nitrogen and oxygen atoms in total. The van der Waals surface area contributed by atoms with Crippen LogP contribution in [-0.2, 0) is 0 Å². The largest absolute Gasteiger partial charge is 0.331 e. The number of Topliss-reactive ketones (excluding diaryl/α,β-unsaturated/α-hetero) is 1. The molecular weight excluding hydrogens is 300 g/mol. The number of amides is 2. The Morgan fingerprint density at radius 2 is 1.62 bits per heavy atom. The van der Waals surface area contributed by atoms with Crippen LogP contribution in [0.1, 0.15) is 49.7 Å². The van der Waals surface area contributed by atoms with Crippen LogP contribution in [0.5, 0.6) is 0 Å². The van der Waals surface area contributed by atoms with Crippen molar-refractivity contribution in [2.45, 2.75) is 33.7 Å². The van der Waals surface area contributed by atoms with E-state index in [0.29, 0.717) is 11.3 Å². The predicted molar refractivity (Wildman–Crippen MR) is 97.2 cm³/mol. The fraction of sp³-hybridized carbons (Fsp3) is 0.300. The first kappa shape index (κ1) is 17.7. The molecule has 0 radical (unpaired) electrons. The van der Waals surface area contributed by atoms with E-state index in [1.807, 2.05) is 58.0 Å². The van der Waals surface area contributed by atoms with Crippen molar-refractivity contribution in [2.24, 2.45) is 5.41 Å². The lowest BCUT2D eigenvalue weighted by atomic mass is 9.86. The molecule has 0 fully saturated rings. The number of urea groups is 1. The number of benzene rings is 2. The molecule has 0 aliphatic rings. The Labute approximate surface area is 143 Å². The minimum Gasteiger partial charge on any atom is -0.331 e. The molecule has 24 heavy (non-hydrogen) atoms. The molecule has 2 rings (SSSR count). The molecule has 0 bridgehead atoms. The molecule has 0 saturated heterocycles. The van der Waals surface area contributed by atoms with Gasteiger partial charge in [0.15, 0.2) is 5.78 Å². The number of nitrogens with one attached hydrogen (secondary N) is 2. The minimum absolute atomic E-state index is 0.0456. The van der Waals surface area contributed by atoms with Crippen molar-refractivity contribution < 1.29 is 9.59 Å². The average molecular weight is 324 g/mol. The van der Waals surface area contributed by atoms with Crippen LogP contribution in [0.15, 0.2) is 54.6 Å². The number of ketones is 1. The lowest BCUT2D eigenvalue weighted by Crippen LogP contribution is -2.31. The molecular formula is C20H24N2O2. The number of carbonyl (C=O) groups is 2. The maximum atomic E-state index is 12.3. The van der Waals surface area contributed by atoms with Crippen LogP contribution in [0.2, 0.25) is 0 Å². The molecule has 0 spiro atoms. The van der Waals surface area contributed by atoms with Crippen molar-refractivity contribution in [3.63, 3.8) is 0 Å². The van der Waals surface area contributed by atoms with E-state index in [1.165, 1.54) is 0 Å². The third kappa shape index (κ3) is 4.69. The van der Waals surface area contributed by atoms with Gasteiger partial charge in [0.05, 0.1) is 6.04 Å². The van der Waals surface area contributed by atoms with Gasteiger partial charge in [-0.25, -0.2) is 4.79 Å². The van der Waals surface area contributed by atoms with Crippen LogP contribution < -0.4 is 10.6 Å². The van der Waals surface area contributed by atoms with Gasteiger partial charge in [-0.15, -0.1) is 0 Å². The van der Waals surface area contributed by atoms with Crippen molar-refractivity contribution >= 4 is 17.5 Å². The van der Waals surface area contributed by atoms with Gasteiger partial charge in [-0.2, -0.15) is 0 Å². The maximum Gasteiger partial charge on any atom is 0.319 e. The zero-order chi connectivity index (χ0) is 17.7. The van der Waals surface area contributed by atoms with Gasteiger partial charge < -0.3 is 10.6 Å². The van der Waals surface area contributed by atoms with Crippen LogP contribution in [0.25, 0.3) is 0 Å². The second kappa shape index (κ2) is 7.30. The molecule has 2 aromatic carbocycles. The molecule has 0 aliphatic heterocycles. The van der Waals surface area contributed by atoms with Gasteiger partial charge in [-0.3, -0.25) is 4.79 Å². The molecule has 0 aliphatic carbocycles. The quantitative estimate of drug-likeness (QED) is 0.794. The van der Waals surface area contributed by atoms with E-state index in [0.717, 1.165) is 5.56 Å². The first-order valence-electron chi connectivity index (χ1n) is 8.04. The third-order valence-electron chi connectivity index (χ3n) is 3.71. The van der Waals surface area contributed by atoms with E-state index in [9.17, 15) is 9.59 Å². The lowest BCUT2D eigenvalue weighted by molar-refractivity contribution is 0.0858. The molecule has 0 heterocycles. The zero-order valence-electron chi connectivity index (χ0n) is 14.6. The van der Waals surface area contributed by atoms with E-state index in [2.05, 4.69) is 10.6 Å². The second-order valence-electron chi connectivity index (χ2n) is 6.89. The van der Waals surface area contributed by atoms with E-state index in [4.69, 9.17) is 0 Å². The SMILES string of the molecule is CC(NC(=O)Nc1cccc(C(=O)C(C)(C)C)c1)c1ccccc1. The Balaban J connectivity index is 2.03. The first-order valence-corrected chi connectivity index (χ1v) is 8.04. The van der Waals surface area contributed by atoms with Crippen LogP contribution in [0.3, 0.4) is 0 Å². The summed E-state index contributed by atoms with van der Waals surface area (Å²) in [6.45, 7) is 7.56. The summed E-state index contributed by atoms with van der Waals surface area (Å²) in [6, 6.07) is 16.4. The van der Waals surface area contributed by atoms with E-state index < -0.39 is 5.41 Å². The highest BCUT2D eigenvalue weighted by Gasteiger charge is 2.23. The summed E-state index contributed by atoms with van der Waals surface area (Å²) in [6.07, 6.45) is 0. The van der Waals surface area contributed by atoms with Crippen molar-refractivity contribution in [3.05, 3.63) is 65.7 Å². The van der Waals surface area contributed by atoms with Crippen molar-refractivity contribution in [3.8, 4) is 0 Å². The molecule has 126 valence electrons. The van der Waals surface area contributed by atoms with Crippen molar-refractivity contribution in [1.82, 2.24) is 5.32 Å². The number of anilines is 1. The third-order valence-corrected chi connectivity index (χ3v) is 3.71. The Kier molecular flexibility index (Phi) is 5.39. The van der Waals surface area contributed by atoms with E-state index in [-0.39, 0.29) is 17.9 Å². The Bertz CT molecular complexity index is 718. The molecule has 0 aromatic heterocycles. The predicted octanol–water partition coefficient (Wildman–Crippen LogP) is 4.80. The van der Waals surface area contributed by atoms with Crippen LogP contribution in [0, 0.1) is 5.41 Å².